The first-order valence-corrected chi connectivity index (χ1v) is 6.87. The number of amides is 1. The van der Waals surface area contributed by atoms with Crippen LogP contribution in [0.4, 0.5) is 0 Å². The van der Waals surface area contributed by atoms with E-state index in [-0.39, 0.29) is 18.4 Å². The zero-order valence-electron chi connectivity index (χ0n) is 12.0. The van der Waals surface area contributed by atoms with Crippen molar-refractivity contribution in [2.75, 3.05) is 20.2 Å². The van der Waals surface area contributed by atoms with Gasteiger partial charge in [-0.2, -0.15) is 0 Å². The molecule has 0 radical (unpaired) electrons. The van der Waals surface area contributed by atoms with Gasteiger partial charge < -0.3 is 18.8 Å². The molecule has 1 aromatic carbocycles. The van der Waals surface area contributed by atoms with Crippen molar-refractivity contribution < 1.29 is 23.5 Å². The highest BCUT2D eigenvalue weighted by atomic mass is 16.6. The number of hydrogen-bond acceptors (Lipinski definition) is 5. The Morgan fingerprint density at radius 1 is 1.18 bits per heavy atom. The number of furan rings is 1. The lowest BCUT2D eigenvalue weighted by molar-refractivity contribution is -0.126. The molecule has 0 saturated carbocycles. The number of benzene rings is 1. The van der Waals surface area contributed by atoms with Crippen LogP contribution in [0.2, 0.25) is 0 Å². The summed E-state index contributed by atoms with van der Waals surface area (Å²) >= 11 is 0. The quantitative estimate of drug-likeness (QED) is 0.636. The Morgan fingerprint density at radius 2 is 1.95 bits per heavy atom. The van der Waals surface area contributed by atoms with Crippen LogP contribution in [-0.2, 0) is 4.79 Å². The average molecular weight is 301 g/mol. The summed E-state index contributed by atoms with van der Waals surface area (Å²) in [6.07, 6.45) is 1.03. The molecular weight excluding hydrogens is 286 g/mol. The Bertz CT molecular complexity index is 680. The summed E-state index contributed by atoms with van der Waals surface area (Å²) in [5.74, 6) is 0.0291. The third-order valence-electron chi connectivity index (χ3n) is 3.33. The van der Waals surface area contributed by atoms with Gasteiger partial charge in [-0.3, -0.25) is 9.59 Å². The summed E-state index contributed by atoms with van der Waals surface area (Å²) in [4.78, 5) is 25.3. The summed E-state index contributed by atoms with van der Waals surface area (Å²) in [6.45, 7) is 0.573. The summed E-state index contributed by atoms with van der Waals surface area (Å²) in [5, 5.41) is 0. The van der Waals surface area contributed by atoms with Crippen molar-refractivity contribution in [1.82, 2.24) is 4.90 Å². The van der Waals surface area contributed by atoms with E-state index in [9.17, 15) is 9.59 Å². The minimum atomic E-state index is -0.676. The second-order valence-corrected chi connectivity index (χ2v) is 4.99. The van der Waals surface area contributed by atoms with Gasteiger partial charge in [0.15, 0.2) is 23.4 Å². The van der Waals surface area contributed by atoms with Gasteiger partial charge in [0.2, 0.25) is 0 Å². The van der Waals surface area contributed by atoms with E-state index < -0.39 is 11.7 Å². The molecule has 0 fully saturated rings. The van der Waals surface area contributed by atoms with Crippen molar-refractivity contribution in [1.29, 1.82) is 0 Å². The van der Waals surface area contributed by atoms with Gasteiger partial charge in [0.25, 0.3) is 11.7 Å². The second-order valence-electron chi connectivity index (χ2n) is 4.99. The van der Waals surface area contributed by atoms with Crippen LogP contribution in [0.3, 0.4) is 0 Å². The number of rotatable bonds is 4. The Labute approximate surface area is 127 Å². The summed E-state index contributed by atoms with van der Waals surface area (Å²) < 4.78 is 16.3. The summed E-state index contributed by atoms with van der Waals surface area (Å²) in [7, 11) is 1.55. The van der Waals surface area contributed by atoms with Crippen molar-refractivity contribution >= 4 is 11.7 Å². The van der Waals surface area contributed by atoms with Gasteiger partial charge in [0, 0.05) is 7.05 Å². The first-order valence-electron chi connectivity index (χ1n) is 6.87. The van der Waals surface area contributed by atoms with Crippen LogP contribution in [0, 0.1) is 0 Å². The van der Waals surface area contributed by atoms with Crippen LogP contribution in [0.25, 0.3) is 0 Å². The number of nitrogens with zero attached hydrogens (tertiary/aromatic N) is 1. The first-order chi connectivity index (χ1) is 10.6. The number of carbonyl (C=O) groups excluding carboxylic acids is 2. The van der Waals surface area contributed by atoms with Crippen molar-refractivity contribution in [3.05, 3.63) is 48.4 Å². The fourth-order valence-corrected chi connectivity index (χ4v) is 2.23. The normalized spacial score (nSPS) is 16.1. The highest BCUT2D eigenvalue weighted by Gasteiger charge is 2.27. The fourth-order valence-electron chi connectivity index (χ4n) is 2.23. The Hall–Kier alpha value is -2.76. The van der Waals surface area contributed by atoms with E-state index >= 15 is 0 Å². The van der Waals surface area contributed by atoms with E-state index in [4.69, 9.17) is 13.9 Å². The molecule has 1 atom stereocenters. The lowest BCUT2D eigenvalue weighted by Gasteiger charge is -2.29. The third kappa shape index (κ3) is 2.81. The van der Waals surface area contributed by atoms with Crippen LogP contribution in [0.5, 0.6) is 11.5 Å². The molecule has 3 rings (SSSR count). The molecule has 0 spiro atoms. The van der Waals surface area contributed by atoms with Crippen molar-refractivity contribution in [3.63, 3.8) is 0 Å². The van der Waals surface area contributed by atoms with E-state index in [0.29, 0.717) is 18.1 Å². The monoisotopic (exact) mass is 301 g/mol. The molecular formula is C16H15NO5. The van der Waals surface area contributed by atoms with Crippen molar-refractivity contribution in [2.45, 2.75) is 6.10 Å². The number of hydrogen-bond donors (Lipinski definition) is 0. The number of ether oxygens (including phenoxy) is 2. The first kappa shape index (κ1) is 14.2. The van der Waals surface area contributed by atoms with E-state index in [1.54, 1.807) is 19.2 Å². The number of para-hydroxylation sites is 2. The highest BCUT2D eigenvalue weighted by molar-refractivity contribution is 6.41. The zero-order chi connectivity index (χ0) is 15.5. The fraction of sp³-hybridized carbons (Fsp3) is 0.250. The predicted octanol–water partition coefficient (Wildman–Crippen LogP) is 1.76. The van der Waals surface area contributed by atoms with Gasteiger partial charge in [-0.05, 0) is 24.3 Å². The average Bonchev–Trinajstić information content (AvgIpc) is 3.07. The van der Waals surface area contributed by atoms with E-state index in [1.807, 2.05) is 18.2 Å². The smallest absolute Gasteiger partial charge is 0.298 e. The number of carbonyl (C=O) groups is 2. The van der Waals surface area contributed by atoms with Gasteiger partial charge in [-0.25, -0.2) is 0 Å². The molecule has 0 aliphatic carbocycles. The molecule has 1 aromatic heterocycles. The third-order valence-corrected chi connectivity index (χ3v) is 3.33. The molecule has 0 saturated heterocycles. The van der Waals surface area contributed by atoms with Crippen LogP contribution < -0.4 is 9.47 Å². The molecule has 6 nitrogen and oxygen atoms in total. The maximum absolute atomic E-state index is 12.1. The molecule has 114 valence electrons. The molecule has 0 bridgehead atoms. The Kier molecular flexibility index (Phi) is 3.82. The lowest BCUT2D eigenvalue weighted by Crippen LogP contribution is -2.43. The maximum Gasteiger partial charge on any atom is 0.298 e. The standard InChI is InChI=1S/C16H15NO5/c1-17(16(19)15(18)14-7-4-8-20-14)9-11-10-21-12-5-2-3-6-13(12)22-11/h2-8,11H,9-10H2,1H3. The van der Waals surface area contributed by atoms with Crippen LogP contribution in [0.15, 0.2) is 47.1 Å². The number of likely N-dealkylation sites (N-methyl/N-ethyl adjacent to an activating group) is 1. The Balaban J connectivity index is 1.62. The van der Waals surface area contributed by atoms with Gasteiger partial charge >= 0.3 is 0 Å². The van der Waals surface area contributed by atoms with Crippen molar-refractivity contribution in [2.24, 2.45) is 0 Å². The topological polar surface area (TPSA) is 69.0 Å². The van der Waals surface area contributed by atoms with Crippen molar-refractivity contribution in [3.8, 4) is 11.5 Å². The van der Waals surface area contributed by atoms with Gasteiger partial charge in [-0.1, -0.05) is 12.1 Å². The SMILES string of the molecule is CN(CC1COc2ccccc2O1)C(=O)C(=O)c1ccco1. The molecule has 2 heterocycles. The second kappa shape index (κ2) is 5.93. The maximum atomic E-state index is 12.1. The molecule has 2 aromatic rings. The molecule has 6 heteroatoms. The van der Waals surface area contributed by atoms with E-state index in [0.717, 1.165) is 0 Å². The lowest BCUT2D eigenvalue weighted by atomic mass is 10.2. The summed E-state index contributed by atoms with van der Waals surface area (Å²) in [5.41, 5.74) is 0. The number of Topliss-reactive ketones (excluding diaryl/α,β-unsaturated/α-hetero) is 1. The minimum absolute atomic E-state index is 0.0306. The molecule has 0 N–H and O–H groups in total. The van der Waals surface area contributed by atoms with Crippen LogP contribution >= 0.6 is 0 Å². The minimum Gasteiger partial charge on any atom is -0.486 e. The molecule has 1 unspecified atom stereocenters. The largest absolute Gasteiger partial charge is 0.486 e. The number of ketones is 1. The highest BCUT2D eigenvalue weighted by Crippen LogP contribution is 2.30. The molecule has 1 aliphatic heterocycles. The summed E-state index contributed by atoms with van der Waals surface area (Å²) in [6, 6.07) is 10.4. The van der Waals surface area contributed by atoms with Crippen LogP contribution in [-0.4, -0.2) is 42.9 Å². The van der Waals surface area contributed by atoms with E-state index in [2.05, 4.69) is 0 Å². The van der Waals surface area contributed by atoms with E-state index in [1.165, 1.54) is 17.2 Å². The molecule has 1 amide bonds. The van der Waals surface area contributed by atoms with Gasteiger partial charge in [-0.15, -0.1) is 0 Å². The van der Waals surface area contributed by atoms with Crippen LogP contribution in [0.1, 0.15) is 10.6 Å². The van der Waals surface area contributed by atoms with Gasteiger partial charge in [0.05, 0.1) is 12.8 Å². The predicted molar refractivity (Wildman–Crippen MR) is 77.0 cm³/mol. The number of fused-ring (bicyclic) bond motifs is 1. The molecule has 22 heavy (non-hydrogen) atoms. The van der Waals surface area contributed by atoms with Gasteiger partial charge in [0.1, 0.15) is 6.61 Å². The molecule has 1 aliphatic rings. The zero-order valence-corrected chi connectivity index (χ0v) is 12.0. The Morgan fingerprint density at radius 3 is 2.68 bits per heavy atom.